The molecule has 0 spiro atoms. The van der Waals surface area contributed by atoms with E-state index in [-0.39, 0.29) is 0 Å². The van der Waals surface area contributed by atoms with Gasteiger partial charge in [-0.2, -0.15) is 0 Å². The van der Waals surface area contributed by atoms with Crippen molar-refractivity contribution in [1.29, 1.82) is 0 Å². The third kappa shape index (κ3) is 1.84. The van der Waals surface area contributed by atoms with E-state index in [2.05, 4.69) is 11.5 Å². The van der Waals surface area contributed by atoms with Crippen molar-refractivity contribution in [1.82, 2.24) is 0 Å². The number of anilines is 2. The molecule has 0 unspecified atom stereocenters. The summed E-state index contributed by atoms with van der Waals surface area (Å²) in [6.45, 7) is 4.57. The van der Waals surface area contributed by atoms with Gasteiger partial charge in [-0.15, -0.1) is 6.58 Å². The highest BCUT2D eigenvalue weighted by Crippen LogP contribution is 2.36. The van der Waals surface area contributed by atoms with Gasteiger partial charge in [0, 0.05) is 25.3 Å². The van der Waals surface area contributed by atoms with Crippen molar-refractivity contribution in [2.24, 2.45) is 0 Å². The second kappa shape index (κ2) is 4.23. The molecule has 0 bridgehead atoms. The van der Waals surface area contributed by atoms with Gasteiger partial charge in [0.25, 0.3) is 11.7 Å². The Hall–Kier alpha value is -2.10. The van der Waals surface area contributed by atoms with Crippen molar-refractivity contribution in [2.45, 2.75) is 18.9 Å². The number of carbonyl (C=O) groups excluding carboxylic acids is 2. The van der Waals surface area contributed by atoms with Crippen LogP contribution in [0.2, 0.25) is 0 Å². The summed E-state index contributed by atoms with van der Waals surface area (Å²) in [5.41, 5.74) is 2.27. The molecule has 2 aliphatic rings. The summed E-state index contributed by atoms with van der Waals surface area (Å²) in [7, 11) is 1.64. The van der Waals surface area contributed by atoms with Crippen molar-refractivity contribution in [3.8, 4) is 0 Å². The highest BCUT2D eigenvalue weighted by atomic mass is 16.2. The van der Waals surface area contributed by atoms with Crippen LogP contribution in [0.4, 0.5) is 11.4 Å². The number of ketones is 1. The Bertz CT molecular complexity index is 576. The number of hydrogen-bond donors (Lipinski definition) is 0. The Morgan fingerprint density at radius 1 is 1.42 bits per heavy atom. The highest BCUT2D eigenvalue weighted by molar-refractivity contribution is 6.52. The predicted molar refractivity (Wildman–Crippen MR) is 74.7 cm³/mol. The van der Waals surface area contributed by atoms with Crippen LogP contribution >= 0.6 is 0 Å². The van der Waals surface area contributed by atoms with Crippen LogP contribution in [0, 0.1) is 0 Å². The lowest BCUT2D eigenvalue weighted by molar-refractivity contribution is -0.114. The number of carbonyl (C=O) groups is 2. The Morgan fingerprint density at radius 3 is 2.79 bits per heavy atom. The first-order valence-electron chi connectivity index (χ1n) is 6.47. The van der Waals surface area contributed by atoms with Crippen molar-refractivity contribution in [3.05, 3.63) is 36.4 Å². The average Bonchev–Trinajstić information content (AvgIpc) is 3.23. The largest absolute Gasteiger partial charge is 0.365 e. The Morgan fingerprint density at radius 2 is 2.16 bits per heavy atom. The molecule has 0 saturated heterocycles. The minimum Gasteiger partial charge on any atom is -0.365 e. The molecule has 19 heavy (non-hydrogen) atoms. The smallest absolute Gasteiger partial charge is 0.299 e. The molecule has 1 saturated carbocycles. The lowest BCUT2D eigenvalue weighted by Gasteiger charge is -2.24. The fourth-order valence-electron chi connectivity index (χ4n) is 2.54. The van der Waals surface area contributed by atoms with Gasteiger partial charge in [-0.25, -0.2) is 0 Å². The first-order chi connectivity index (χ1) is 9.13. The fraction of sp³-hybridized carbons (Fsp3) is 0.333. The van der Waals surface area contributed by atoms with Crippen molar-refractivity contribution >= 4 is 23.1 Å². The van der Waals surface area contributed by atoms with Crippen molar-refractivity contribution < 1.29 is 9.59 Å². The topological polar surface area (TPSA) is 40.6 Å². The second-order valence-electron chi connectivity index (χ2n) is 5.07. The van der Waals surface area contributed by atoms with Gasteiger partial charge in [0.15, 0.2) is 0 Å². The van der Waals surface area contributed by atoms with E-state index in [1.54, 1.807) is 13.1 Å². The molecule has 0 atom stereocenters. The van der Waals surface area contributed by atoms with Gasteiger partial charge >= 0.3 is 0 Å². The summed E-state index contributed by atoms with van der Waals surface area (Å²) in [6, 6.07) is 6.17. The summed E-state index contributed by atoms with van der Waals surface area (Å²) in [6.07, 6.45) is 4.27. The molecule has 1 aromatic rings. The summed E-state index contributed by atoms with van der Waals surface area (Å²) < 4.78 is 0. The number of amides is 1. The van der Waals surface area contributed by atoms with E-state index in [0.717, 1.165) is 12.2 Å². The molecule has 0 N–H and O–H groups in total. The zero-order valence-corrected chi connectivity index (χ0v) is 10.9. The lowest BCUT2D eigenvalue weighted by atomic mass is 10.1. The van der Waals surface area contributed by atoms with Crippen LogP contribution < -0.4 is 9.80 Å². The first kappa shape index (κ1) is 12.0. The summed E-state index contributed by atoms with van der Waals surface area (Å²) >= 11 is 0. The van der Waals surface area contributed by atoms with Gasteiger partial charge < -0.3 is 9.80 Å². The minimum atomic E-state index is -0.450. The maximum atomic E-state index is 11.7. The standard InChI is InChI=1S/C15H16N2O2/c1-3-8-17(10-4-5-10)11-6-7-12-13(9-11)16(2)15(19)14(12)18/h3,6-7,9-10H,1,4-5,8H2,2H3. The second-order valence-corrected chi connectivity index (χ2v) is 5.07. The normalized spacial score (nSPS) is 17.6. The zero-order chi connectivity index (χ0) is 13.6. The SMILES string of the molecule is C=CCN(c1ccc2c(c1)N(C)C(=O)C2=O)C1CC1. The monoisotopic (exact) mass is 256 g/mol. The number of fused-ring (bicyclic) bond motifs is 1. The van der Waals surface area contributed by atoms with Crippen LogP contribution in [0.15, 0.2) is 30.9 Å². The van der Waals surface area contributed by atoms with Gasteiger partial charge in [0.2, 0.25) is 0 Å². The maximum Gasteiger partial charge on any atom is 0.299 e. The molecule has 1 aliphatic heterocycles. The molecule has 1 aromatic carbocycles. The first-order valence-corrected chi connectivity index (χ1v) is 6.47. The lowest BCUT2D eigenvalue weighted by Crippen LogP contribution is -2.26. The van der Waals surface area contributed by atoms with Gasteiger partial charge in [0.1, 0.15) is 0 Å². The predicted octanol–water partition coefficient (Wildman–Crippen LogP) is 2.00. The molecular formula is C15H16N2O2. The molecule has 4 nitrogen and oxygen atoms in total. The zero-order valence-electron chi connectivity index (χ0n) is 10.9. The number of nitrogens with zero attached hydrogens (tertiary/aromatic N) is 2. The molecule has 98 valence electrons. The van der Waals surface area contributed by atoms with E-state index in [1.165, 1.54) is 17.7 Å². The van der Waals surface area contributed by atoms with Crippen LogP contribution in [-0.4, -0.2) is 31.3 Å². The van der Waals surface area contributed by atoms with E-state index >= 15 is 0 Å². The maximum absolute atomic E-state index is 11.7. The number of benzene rings is 1. The summed E-state index contributed by atoms with van der Waals surface area (Å²) in [5.74, 6) is -0.861. The molecular weight excluding hydrogens is 240 g/mol. The fourth-order valence-corrected chi connectivity index (χ4v) is 2.54. The minimum absolute atomic E-state index is 0.411. The van der Waals surface area contributed by atoms with E-state index in [0.29, 0.717) is 17.3 Å². The van der Waals surface area contributed by atoms with Crippen LogP contribution in [0.5, 0.6) is 0 Å². The van der Waals surface area contributed by atoms with E-state index in [4.69, 9.17) is 0 Å². The van der Waals surface area contributed by atoms with Gasteiger partial charge in [-0.05, 0) is 31.0 Å². The molecule has 0 aromatic heterocycles. The summed E-state index contributed by atoms with van der Waals surface area (Å²) in [4.78, 5) is 27.1. The van der Waals surface area contributed by atoms with Crippen molar-refractivity contribution in [3.63, 3.8) is 0 Å². The Labute approximate surface area is 112 Å². The van der Waals surface area contributed by atoms with Crippen LogP contribution in [0.25, 0.3) is 0 Å². The molecule has 4 heteroatoms. The molecule has 1 heterocycles. The van der Waals surface area contributed by atoms with Crippen LogP contribution in [0.1, 0.15) is 23.2 Å². The molecule has 1 fully saturated rings. The quantitative estimate of drug-likeness (QED) is 0.611. The number of hydrogen-bond acceptors (Lipinski definition) is 3. The number of likely N-dealkylation sites (N-methyl/N-ethyl adjacent to an activating group) is 1. The highest BCUT2D eigenvalue weighted by Gasteiger charge is 2.35. The Balaban J connectivity index is 1.99. The van der Waals surface area contributed by atoms with E-state index in [9.17, 15) is 9.59 Å². The third-order valence-electron chi connectivity index (χ3n) is 3.73. The summed E-state index contributed by atoms with van der Waals surface area (Å²) in [5, 5.41) is 0. The number of rotatable bonds is 4. The van der Waals surface area contributed by atoms with E-state index in [1.807, 2.05) is 18.2 Å². The van der Waals surface area contributed by atoms with Gasteiger partial charge in [0.05, 0.1) is 11.3 Å². The van der Waals surface area contributed by atoms with Crippen LogP contribution in [-0.2, 0) is 4.79 Å². The van der Waals surface area contributed by atoms with Crippen LogP contribution in [0.3, 0.4) is 0 Å². The van der Waals surface area contributed by atoms with Crippen molar-refractivity contribution in [2.75, 3.05) is 23.4 Å². The molecule has 0 radical (unpaired) electrons. The average molecular weight is 256 g/mol. The molecule has 1 amide bonds. The van der Waals surface area contributed by atoms with E-state index < -0.39 is 11.7 Å². The van der Waals surface area contributed by atoms with Gasteiger partial charge in [-0.3, -0.25) is 9.59 Å². The number of Topliss-reactive ketones (excluding diaryl/α,β-unsaturated/α-hetero) is 1. The molecule has 1 aliphatic carbocycles. The van der Waals surface area contributed by atoms with Gasteiger partial charge in [-0.1, -0.05) is 6.08 Å². The Kier molecular flexibility index (Phi) is 2.66. The third-order valence-corrected chi connectivity index (χ3v) is 3.73. The molecule has 3 rings (SSSR count).